The molecule has 0 unspecified atom stereocenters. The predicted molar refractivity (Wildman–Crippen MR) is 125 cm³/mol. The van der Waals surface area contributed by atoms with Gasteiger partial charge in [0.25, 0.3) is 0 Å². The van der Waals surface area contributed by atoms with Crippen molar-refractivity contribution in [1.82, 2.24) is 0 Å². The minimum Gasteiger partial charge on any atom is -0.323 e. The molecular formula is C24H16Cl2F2N2O2. The van der Waals surface area contributed by atoms with Gasteiger partial charge >= 0.3 is 0 Å². The van der Waals surface area contributed by atoms with Crippen LogP contribution in [0, 0.1) is 11.6 Å². The van der Waals surface area contributed by atoms with Crippen LogP contribution in [0.2, 0.25) is 10.0 Å². The van der Waals surface area contributed by atoms with Crippen molar-refractivity contribution in [3.8, 4) is 0 Å². The first-order chi connectivity index (χ1) is 15.3. The monoisotopic (exact) mass is 472 g/mol. The molecule has 162 valence electrons. The van der Waals surface area contributed by atoms with Crippen LogP contribution in [0.4, 0.5) is 20.2 Å². The number of anilines is 2. The van der Waals surface area contributed by atoms with Crippen LogP contribution in [-0.2, 0) is 9.59 Å². The van der Waals surface area contributed by atoms with E-state index in [-0.39, 0.29) is 21.2 Å². The Labute approximate surface area is 193 Å². The number of benzene rings is 3. The van der Waals surface area contributed by atoms with Crippen molar-refractivity contribution >= 4 is 58.5 Å². The van der Waals surface area contributed by atoms with E-state index in [4.69, 9.17) is 23.2 Å². The van der Waals surface area contributed by atoms with Gasteiger partial charge in [-0.05, 0) is 60.7 Å². The summed E-state index contributed by atoms with van der Waals surface area (Å²) in [5.41, 5.74) is 1.16. The zero-order valence-corrected chi connectivity index (χ0v) is 17.9. The molecule has 0 saturated carbocycles. The van der Waals surface area contributed by atoms with Crippen molar-refractivity contribution in [2.75, 3.05) is 10.6 Å². The standard InChI is InChI=1S/C24H16Cl2F2N2O2/c25-19-3-1-5-21(27)17(19)11-13-23(31)29-15-7-9-16(10-8-15)30-24(32)14-12-18-20(26)4-2-6-22(18)28/h1-14H,(H,29,31)(H,30,32). The third-order valence-corrected chi connectivity index (χ3v) is 4.88. The first-order valence-electron chi connectivity index (χ1n) is 9.29. The van der Waals surface area contributed by atoms with E-state index in [1.807, 2.05) is 0 Å². The van der Waals surface area contributed by atoms with Gasteiger partial charge in [0.05, 0.1) is 10.0 Å². The zero-order valence-electron chi connectivity index (χ0n) is 16.4. The van der Waals surface area contributed by atoms with Gasteiger partial charge in [-0.1, -0.05) is 35.3 Å². The second-order valence-electron chi connectivity index (χ2n) is 6.49. The fourth-order valence-electron chi connectivity index (χ4n) is 2.66. The summed E-state index contributed by atoms with van der Waals surface area (Å²) in [5.74, 6) is -2.03. The summed E-state index contributed by atoms with van der Waals surface area (Å²) >= 11 is 11.8. The molecule has 0 radical (unpaired) electrons. The molecule has 0 spiro atoms. The molecule has 3 aromatic rings. The van der Waals surface area contributed by atoms with Crippen LogP contribution in [-0.4, -0.2) is 11.8 Å². The normalized spacial score (nSPS) is 11.1. The number of hydrogen-bond acceptors (Lipinski definition) is 2. The van der Waals surface area contributed by atoms with Gasteiger partial charge in [0.2, 0.25) is 11.8 Å². The van der Waals surface area contributed by atoms with Crippen LogP contribution in [0.5, 0.6) is 0 Å². The summed E-state index contributed by atoms with van der Waals surface area (Å²) in [5, 5.41) is 5.62. The number of rotatable bonds is 6. The Bertz CT molecular complexity index is 1070. The number of hydrogen-bond donors (Lipinski definition) is 2. The lowest BCUT2D eigenvalue weighted by Gasteiger charge is -2.06. The van der Waals surface area contributed by atoms with Gasteiger partial charge in [0.1, 0.15) is 11.6 Å². The predicted octanol–water partition coefficient (Wildman–Crippen LogP) is 6.58. The molecule has 32 heavy (non-hydrogen) atoms. The van der Waals surface area contributed by atoms with Gasteiger partial charge in [-0.3, -0.25) is 9.59 Å². The van der Waals surface area contributed by atoms with E-state index in [0.29, 0.717) is 11.4 Å². The van der Waals surface area contributed by atoms with E-state index in [1.54, 1.807) is 24.3 Å². The van der Waals surface area contributed by atoms with Gasteiger partial charge in [0.15, 0.2) is 0 Å². The number of carbonyl (C=O) groups excluding carboxylic acids is 2. The lowest BCUT2D eigenvalue weighted by atomic mass is 10.2. The summed E-state index contributed by atoms with van der Waals surface area (Å²) in [6.07, 6.45) is 4.91. The van der Waals surface area contributed by atoms with Gasteiger partial charge in [-0.2, -0.15) is 0 Å². The Kier molecular flexibility index (Phi) is 7.76. The number of amides is 2. The molecule has 0 bridgehead atoms. The summed E-state index contributed by atoms with van der Waals surface area (Å²) < 4.78 is 27.5. The molecule has 0 aliphatic heterocycles. The molecule has 3 rings (SSSR count). The van der Waals surface area contributed by atoms with Crippen LogP contribution in [0.25, 0.3) is 12.2 Å². The number of halogens is 4. The smallest absolute Gasteiger partial charge is 0.248 e. The largest absolute Gasteiger partial charge is 0.323 e. The van der Waals surface area contributed by atoms with Crippen molar-refractivity contribution in [2.45, 2.75) is 0 Å². The number of nitrogens with one attached hydrogen (secondary N) is 2. The molecule has 0 aromatic heterocycles. The van der Waals surface area contributed by atoms with E-state index in [1.165, 1.54) is 60.7 Å². The van der Waals surface area contributed by atoms with E-state index < -0.39 is 23.4 Å². The van der Waals surface area contributed by atoms with E-state index in [2.05, 4.69) is 10.6 Å². The van der Waals surface area contributed by atoms with Crippen LogP contribution < -0.4 is 10.6 Å². The van der Waals surface area contributed by atoms with Crippen LogP contribution in [0.3, 0.4) is 0 Å². The fourth-order valence-corrected chi connectivity index (χ4v) is 3.11. The minimum absolute atomic E-state index is 0.118. The van der Waals surface area contributed by atoms with E-state index >= 15 is 0 Å². The highest BCUT2D eigenvalue weighted by Gasteiger charge is 2.06. The molecule has 0 aliphatic rings. The molecule has 0 fully saturated rings. The van der Waals surface area contributed by atoms with E-state index in [0.717, 1.165) is 0 Å². The molecule has 2 N–H and O–H groups in total. The van der Waals surface area contributed by atoms with Crippen molar-refractivity contribution in [2.24, 2.45) is 0 Å². The molecule has 0 atom stereocenters. The third kappa shape index (κ3) is 6.26. The van der Waals surface area contributed by atoms with Gasteiger partial charge < -0.3 is 10.6 Å². The first kappa shape index (κ1) is 23.2. The van der Waals surface area contributed by atoms with E-state index in [9.17, 15) is 18.4 Å². The maximum absolute atomic E-state index is 13.7. The van der Waals surface area contributed by atoms with Crippen molar-refractivity contribution in [1.29, 1.82) is 0 Å². The highest BCUT2D eigenvalue weighted by Crippen LogP contribution is 2.21. The lowest BCUT2D eigenvalue weighted by molar-refractivity contribution is -0.112. The average molecular weight is 473 g/mol. The molecule has 0 saturated heterocycles. The van der Waals surface area contributed by atoms with Crippen molar-refractivity contribution < 1.29 is 18.4 Å². The zero-order chi connectivity index (χ0) is 23.1. The summed E-state index contributed by atoms with van der Waals surface area (Å²) in [6, 6.07) is 14.8. The highest BCUT2D eigenvalue weighted by atomic mass is 35.5. The molecular weight excluding hydrogens is 457 g/mol. The van der Waals surface area contributed by atoms with Crippen molar-refractivity contribution in [3.05, 3.63) is 106 Å². The summed E-state index contributed by atoms with van der Waals surface area (Å²) in [7, 11) is 0. The second-order valence-corrected chi connectivity index (χ2v) is 7.31. The van der Waals surface area contributed by atoms with Crippen LogP contribution in [0.1, 0.15) is 11.1 Å². The third-order valence-electron chi connectivity index (χ3n) is 4.22. The lowest BCUT2D eigenvalue weighted by Crippen LogP contribution is -2.09. The van der Waals surface area contributed by atoms with Gasteiger partial charge in [0, 0.05) is 34.7 Å². The molecule has 4 nitrogen and oxygen atoms in total. The maximum Gasteiger partial charge on any atom is 0.248 e. The quantitative estimate of drug-likeness (QED) is 0.398. The van der Waals surface area contributed by atoms with Crippen LogP contribution >= 0.6 is 23.2 Å². The summed E-state index contributed by atoms with van der Waals surface area (Å²) in [6.45, 7) is 0. The first-order valence-corrected chi connectivity index (χ1v) is 10.1. The van der Waals surface area contributed by atoms with Crippen molar-refractivity contribution in [3.63, 3.8) is 0 Å². The molecule has 8 heteroatoms. The Balaban J connectivity index is 1.58. The molecule has 2 amide bonds. The fraction of sp³-hybridized carbons (Fsp3) is 0. The Morgan fingerprint density at radius 3 is 1.38 bits per heavy atom. The Hall–Kier alpha value is -3.48. The Morgan fingerprint density at radius 1 is 0.656 bits per heavy atom. The average Bonchev–Trinajstić information content (AvgIpc) is 2.74. The second kappa shape index (κ2) is 10.7. The molecule has 0 heterocycles. The maximum atomic E-state index is 13.7. The number of carbonyl (C=O) groups is 2. The molecule has 0 aliphatic carbocycles. The SMILES string of the molecule is O=C(C=Cc1c(F)cccc1Cl)Nc1ccc(NC(=O)C=Cc2c(F)cccc2Cl)cc1. The van der Waals surface area contributed by atoms with Crippen LogP contribution in [0.15, 0.2) is 72.8 Å². The molecule has 3 aromatic carbocycles. The Morgan fingerprint density at radius 2 is 1.03 bits per heavy atom. The highest BCUT2D eigenvalue weighted by molar-refractivity contribution is 6.32. The summed E-state index contributed by atoms with van der Waals surface area (Å²) in [4.78, 5) is 24.1. The van der Waals surface area contributed by atoms with Gasteiger partial charge in [-0.15, -0.1) is 0 Å². The topological polar surface area (TPSA) is 58.2 Å². The minimum atomic E-state index is -0.534. The van der Waals surface area contributed by atoms with Gasteiger partial charge in [-0.25, -0.2) is 8.78 Å².